The van der Waals surface area contributed by atoms with Crippen molar-refractivity contribution >= 4 is 28.8 Å². The number of aromatic nitrogens is 2. The lowest BCUT2D eigenvalue weighted by atomic mass is 9.92. The van der Waals surface area contributed by atoms with Gasteiger partial charge in [-0.15, -0.1) is 0 Å². The second-order valence-corrected chi connectivity index (χ2v) is 7.56. The number of amides is 2. The summed E-state index contributed by atoms with van der Waals surface area (Å²) in [6, 6.07) is 14.9. The van der Waals surface area contributed by atoms with Crippen LogP contribution >= 0.6 is 0 Å². The van der Waals surface area contributed by atoms with E-state index in [1.54, 1.807) is 7.11 Å². The molecule has 156 valence electrons. The number of para-hydroxylation sites is 2. The van der Waals surface area contributed by atoms with E-state index in [0.29, 0.717) is 12.5 Å². The number of carbonyl (C=O) groups excluding carboxylic acids is 2. The SMILES string of the molecule is CCCCN1C(=O)C[C@H](C(=O)Nc2nc3ccccc3[nH]2)[C@@H]1c1ccc(OC)cc1. The Morgan fingerprint density at radius 2 is 2.00 bits per heavy atom. The van der Waals surface area contributed by atoms with E-state index in [0.717, 1.165) is 35.2 Å². The number of benzene rings is 2. The molecule has 0 unspecified atom stereocenters. The number of carbonyl (C=O) groups is 2. The Kier molecular flexibility index (Phi) is 5.70. The molecule has 2 heterocycles. The number of ether oxygens (including phenoxy) is 1. The van der Waals surface area contributed by atoms with E-state index in [1.807, 2.05) is 53.4 Å². The smallest absolute Gasteiger partial charge is 0.232 e. The van der Waals surface area contributed by atoms with Crippen LogP contribution < -0.4 is 10.1 Å². The van der Waals surface area contributed by atoms with Gasteiger partial charge < -0.3 is 14.6 Å². The number of nitrogens with zero attached hydrogens (tertiary/aromatic N) is 2. The van der Waals surface area contributed by atoms with Crippen molar-refractivity contribution in [2.24, 2.45) is 5.92 Å². The van der Waals surface area contributed by atoms with Crippen molar-refractivity contribution in [1.29, 1.82) is 0 Å². The first-order valence-electron chi connectivity index (χ1n) is 10.3. The molecule has 30 heavy (non-hydrogen) atoms. The van der Waals surface area contributed by atoms with Crippen LogP contribution in [0.3, 0.4) is 0 Å². The maximum absolute atomic E-state index is 13.2. The first-order valence-corrected chi connectivity index (χ1v) is 10.3. The summed E-state index contributed by atoms with van der Waals surface area (Å²) in [4.78, 5) is 35.4. The Bertz CT molecular complexity index is 1010. The molecule has 1 saturated heterocycles. The van der Waals surface area contributed by atoms with Gasteiger partial charge in [-0.25, -0.2) is 4.98 Å². The van der Waals surface area contributed by atoms with Gasteiger partial charge in [-0.3, -0.25) is 14.9 Å². The molecule has 0 saturated carbocycles. The second-order valence-electron chi connectivity index (χ2n) is 7.56. The number of rotatable bonds is 7. The van der Waals surface area contributed by atoms with Crippen molar-refractivity contribution in [1.82, 2.24) is 14.9 Å². The lowest BCUT2D eigenvalue weighted by Crippen LogP contribution is -2.33. The molecule has 2 aromatic carbocycles. The van der Waals surface area contributed by atoms with Crippen LogP contribution in [0.1, 0.15) is 37.8 Å². The average molecular weight is 406 g/mol. The van der Waals surface area contributed by atoms with Crippen LogP contribution in [0.2, 0.25) is 0 Å². The van der Waals surface area contributed by atoms with Gasteiger partial charge in [0.2, 0.25) is 17.8 Å². The number of aromatic amines is 1. The van der Waals surface area contributed by atoms with E-state index >= 15 is 0 Å². The summed E-state index contributed by atoms with van der Waals surface area (Å²) in [6.45, 7) is 2.73. The van der Waals surface area contributed by atoms with E-state index in [4.69, 9.17) is 4.74 Å². The summed E-state index contributed by atoms with van der Waals surface area (Å²) in [6.07, 6.45) is 2.07. The Balaban J connectivity index is 1.61. The fraction of sp³-hybridized carbons (Fsp3) is 0.348. The number of fused-ring (bicyclic) bond motifs is 1. The Hall–Kier alpha value is -3.35. The van der Waals surface area contributed by atoms with Crippen molar-refractivity contribution in [2.75, 3.05) is 19.0 Å². The molecule has 2 amide bonds. The van der Waals surface area contributed by atoms with Gasteiger partial charge in [0, 0.05) is 13.0 Å². The highest BCUT2D eigenvalue weighted by Gasteiger charge is 2.44. The number of nitrogens with one attached hydrogen (secondary N) is 2. The minimum Gasteiger partial charge on any atom is -0.497 e. The maximum Gasteiger partial charge on any atom is 0.232 e. The standard InChI is InChI=1S/C23H26N4O3/c1-3-4-13-27-20(28)14-17(21(27)15-9-11-16(30-2)12-10-15)22(29)26-23-24-18-7-5-6-8-19(18)25-23/h5-12,17,21H,3-4,13-14H2,1-2H3,(H2,24,25,26,29)/t17-,21-/m0/s1. The fourth-order valence-electron chi connectivity index (χ4n) is 4.05. The lowest BCUT2D eigenvalue weighted by Gasteiger charge is -2.28. The van der Waals surface area contributed by atoms with Gasteiger partial charge in [0.1, 0.15) is 5.75 Å². The van der Waals surface area contributed by atoms with E-state index in [-0.39, 0.29) is 24.3 Å². The fourth-order valence-corrected chi connectivity index (χ4v) is 4.05. The van der Waals surface area contributed by atoms with E-state index < -0.39 is 5.92 Å². The largest absolute Gasteiger partial charge is 0.497 e. The highest BCUT2D eigenvalue weighted by Crippen LogP contribution is 2.39. The summed E-state index contributed by atoms with van der Waals surface area (Å²) >= 11 is 0. The molecule has 0 bridgehead atoms. The summed E-state index contributed by atoms with van der Waals surface area (Å²) in [5.41, 5.74) is 2.57. The molecule has 0 aliphatic carbocycles. The van der Waals surface area contributed by atoms with Crippen molar-refractivity contribution in [3.63, 3.8) is 0 Å². The topological polar surface area (TPSA) is 87.3 Å². The third-order valence-electron chi connectivity index (χ3n) is 5.61. The summed E-state index contributed by atoms with van der Waals surface area (Å²) in [5.74, 6) is 0.452. The minimum atomic E-state index is -0.490. The molecule has 1 aromatic heterocycles. The molecule has 1 fully saturated rings. The van der Waals surface area contributed by atoms with Gasteiger partial charge in [0.25, 0.3) is 0 Å². The number of H-pyrrole nitrogens is 1. The zero-order chi connectivity index (χ0) is 21.1. The minimum absolute atomic E-state index is 0.00836. The summed E-state index contributed by atoms with van der Waals surface area (Å²) < 4.78 is 5.25. The zero-order valence-corrected chi connectivity index (χ0v) is 17.2. The summed E-state index contributed by atoms with van der Waals surface area (Å²) in [5, 5.41) is 2.88. The molecule has 3 aromatic rings. The molecule has 2 N–H and O–H groups in total. The van der Waals surface area contributed by atoms with Crippen LogP contribution in [-0.4, -0.2) is 40.3 Å². The van der Waals surface area contributed by atoms with Crippen LogP contribution in [0.25, 0.3) is 11.0 Å². The number of hydrogen-bond donors (Lipinski definition) is 2. The first kappa shape index (κ1) is 19.9. The monoisotopic (exact) mass is 406 g/mol. The average Bonchev–Trinajstić information content (AvgIpc) is 3.32. The normalized spacial score (nSPS) is 18.7. The molecular weight excluding hydrogens is 380 g/mol. The Labute approximate surface area is 175 Å². The van der Waals surface area contributed by atoms with Crippen LogP contribution in [0.5, 0.6) is 5.75 Å². The second kappa shape index (κ2) is 8.57. The number of unbranched alkanes of at least 4 members (excludes halogenated alkanes) is 1. The predicted octanol–water partition coefficient (Wildman–Crippen LogP) is 3.90. The highest BCUT2D eigenvalue weighted by molar-refractivity contribution is 5.97. The number of methoxy groups -OCH3 is 1. The van der Waals surface area contributed by atoms with Crippen molar-refractivity contribution in [3.05, 3.63) is 54.1 Å². The molecule has 7 nitrogen and oxygen atoms in total. The maximum atomic E-state index is 13.2. The number of hydrogen-bond acceptors (Lipinski definition) is 4. The van der Waals surface area contributed by atoms with Crippen LogP contribution in [0, 0.1) is 5.92 Å². The van der Waals surface area contributed by atoms with Gasteiger partial charge in [0.05, 0.1) is 30.1 Å². The van der Waals surface area contributed by atoms with Gasteiger partial charge in [-0.05, 0) is 36.2 Å². The lowest BCUT2D eigenvalue weighted by molar-refractivity contribution is -0.129. The van der Waals surface area contributed by atoms with Gasteiger partial charge in [-0.1, -0.05) is 37.6 Å². The van der Waals surface area contributed by atoms with Gasteiger partial charge in [-0.2, -0.15) is 0 Å². The predicted molar refractivity (Wildman–Crippen MR) is 115 cm³/mol. The molecule has 1 aliphatic heterocycles. The van der Waals surface area contributed by atoms with E-state index in [9.17, 15) is 9.59 Å². The molecule has 2 atom stereocenters. The molecular formula is C23H26N4O3. The number of anilines is 1. The zero-order valence-electron chi connectivity index (χ0n) is 17.2. The van der Waals surface area contributed by atoms with Crippen molar-refractivity contribution in [2.45, 2.75) is 32.2 Å². The number of likely N-dealkylation sites (tertiary alicyclic amines) is 1. The van der Waals surface area contributed by atoms with Crippen molar-refractivity contribution in [3.8, 4) is 5.75 Å². The summed E-state index contributed by atoms with van der Waals surface area (Å²) in [7, 11) is 1.62. The number of imidazole rings is 1. The molecule has 4 rings (SSSR count). The molecule has 0 spiro atoms. The van der Waals surface area contributed by atoms with Crippen LogP contribution in [0.4, 0.5) is 5.95 Å². The van der Waals surface area contributed by atoms with Crippen LogP contribution in [-0.2, 0) is 9.59 Å². The van der Waals surface area contributed by atoms with E-state index in [2.05, 4.69) is 22.2 Å². The molecule has 1 aliphatic rings. The van der Waals surface area contributed by atoms with Gasteiger partial charge >= 0.3 is 0 Å². The van der Waals surface area contributed by atoms with Gasteiger partial charge in [0.15, 0.2) is 0 Å². The Morgan fingerprint density at radius 3 is 2.70 bits per heavy atom. The third-order valence-corrected chi connectivity index (χ3v) is 5.61. The quantitative estimate of drug-likeness (QED) is 0.623. The third kappa shape index (κ3) is 3.87. The molecule has 7 heteroatoms. The Morgan fingerprint density at radius 1 is 1.23 bits per heavy atom. The highest BCUT2D eigenvalue weighted by atomic mass is 16.5. The first-order chi connectivity index (χ1) is 14.6. The molecule has 0 radical (unpaired) electrons. The van der Waals surface area contributed by atoms with Crippen LogP contribution in [0.15, 0.2) is 48.5 Å². The van der Waals surface area contributed by atoms with Crippen molar-refractivity contribution < 1.29 is 14.3 Å². The van der Waals surface area contributed by atoms with E-state index in [1.165, 1.54) is 0 Å².